The van der Waals surface area contributed by atoms with Crippen LogP contribution in [0.15, 0.2) is 18.3 Å². The Bertz CT molecular complexity index is 1210. The van der Waals surface area contributed by atoms with Crippen molar-refractivity contribution < 1.29 is 19.2 Å². The van der Waals surface area contributed by atoms with Crippen LogP contribution in [0, 0.1) is 35.5 Å². The van der Waals surface area contributed by atoms with Crippen LogP contribution in [0.25, 0.3) is 0 Å². The van der Waals surface area contributed by atoms with Crippen molar-refractivity contribution in [1.29, 1.82) is 10.5 Å². The highest BCUT2D eigenvalue weighted by atomic mass is 28.4. The first-order valence-corrected chi connectivity index (χ1v) is 15.2. The number of ether oxygens (including phenoxy) is 1. The summed E-state index contributed by atoms with van der Waals surface area (Å²) in [5.74, 6) is 0.687. The SMILES string of the molecule is Cc1cnc(Nc2cc(C#N)c(B(O)O)c(CO[Si](C)(C)C(C)(C)C)c2)nc1N[C@@H]1COCC[C@H]1C#N. The molecule has 196 valence electrons. The third kappa shape index (κ3) is 6.86. The Morgan fingerprint density at radius 2 is 2.00 bits per heavy atom. The van der Waals surface area contributed by atoms with Gasteiger partial charge in [-0.05, 0) is 49.2 Å². The van der Waals surface area contributed by atoms with Crippen molar-refractivity contribution in [1.82, 2.24) is 9.97 Å². The van der Waals surface area contributed by atoms with E-state index in [1.54, 1.807) is 12.3 Å². The first-order valence-electron chi connectivity index (χ1n) is 12.3. The summed E-state index contributed by atoms with van der Waals surface area (Å²) in [6.07, 6.45) is 2.32. The molecule has 0 unspecified atom stereocenters. The molecule has 12 heteroatoms. The van der Waals surface area contributed by atoms with Gasteiger partial charge in [-0.2, -0.15) is 15.5 Å². The summed E-state index contributed by atoms with van der Waals surface area (Å²) in [6.45, 7) is 13.6. The van der Waals surface area contributed by atoms with Gasteiger partial charge < -0.3 is 29.8 Å². The summed E-state index contributed by atoms with van der Waals surface area (Å²) < 4.78 is 11.9. The summed E-state index contributed by atoms with van der Waals surface area (Å²) >= 11 is 0. The maximum absolute atomic E-state index is 10.0. The minimum atomic E-state index is -2.14. The Kier molecular flexibility index (Phi) is 8.95. The highest BCUT2D eigenvalue weighted by Crippen LogP contribution is 2.37. The van der Waals surface area contributed by atoms with E-state index in [0.29, 0.717) is 36.7 Å². The Balaban J connectivity index is 1.90. The molecule has 0 amide bonds. The van der Waals surface area contributed by atoms with Crippen LogP contribution in [0.5, 0.6) is 0 Å². The molecule has 1 aromatic carbocycles. The molecule has 0 saturated carbocycles. The monoisotopic (exact) mass is 522 g/mol. The molecule has 0 aliphatic carbocycles. The highest BCUT2D eigenvalue weighted by Gasteiger charge is 2.37. The van der Waals surface area contributed by atoms with Gasteiger partial charge in [0.2, 0.25) is 5.95 Å². The van der Waals surface area contributed by atoms with Crippen LogP contribution in [0.3, 0.4) is 0 Å². The van der Waals surface area contributed by atoms with Gasteiger partial charge in [-0.15, -0.1) is 0 Å². The maximum Gasteiger partial charge on any atom is 0.490 e. The fraction of sp³-hybridized carbons (Fsp3) is 0.520. The fourth-order valence-corrected chi connectivity index (χ4v) is 4.71. The Hall–Kier alpha value is -3.00. The van der Waals surface area contributed by atoms with Crippen LogP contribution < -0.4 is 16.1 Å². The number of nitrogens with one attached hydrogen (secondary N) is 2. The maximum atomic E-state index is 10.0. The number of nitriles is 2. The third-order valence-corrected chi connectivity index (χ3v) is 11.6. The Labute approximate surface area is 219 Å². The topological polar surface area (TPSA) is 156 Å². The number of aromatic nitrogens is 2. The normalized spacial score (nSPS) is 18.0. The van der Waals surface area contributed by atoms with E-state index >= 15 is 0 Å². The van der Waals surface area contributed by atoms with Crippen molar-refractivity contribution in [2.75, 3.05) is 23.8 Å². The smallest absolute Gasteiger partial charge is 0.423 e. The molecule has 1 aliphatic heterocycles. The van der Waals surface area contributed by atoms with E-state index in [9.17, 15) is 20.6 Å². The molecule has 0 radical (unpaired) electrons. The second-order valence-corrected chi connectivity index (χ2v) is 15.6. The Morgan fingerprint density at radius 3 is 2.62 bits per heavy atom. The van der Waals surface area contributed by atoms with Crippen LogP contribution in [0.2, 0.25) is 18.1 Å². The van der Waals surface area contributed by atoms with Crippen molar-refractivity contribution in [3.8, 4) is 12.1 Å². The van der Waals surface area contributed by atoms with Gasteiger partial charge in [0.1, 0.15) is 5.82 Å². The van der Waals surface area contributed by atoms with Gasteiger partial charge in [-0.25, -0.2) is 4.98 Å². The first kappa shape index (κ1) is 28.6. The van der Waals surface area contributed by atoms with Crippen LogP contribution in [-0.4, -0.2) is 54.7 Å². The molecule has 2 heterocycles. The van der Waals surface area contributed by atoms with E-state index < -0.39 is 15.4 Å². The molecule has 37 heavy (non-hydrogen) atoms. The number of hydrogen-bond acceptors (Lipinski definition) is 10. The summed E-state index contributed by atoms with van der Waals surface area (Å²) in [5.41, 5.74) is 2.07. The van der Waals surface area contributed by atoms with Crippen molar-refractivity contribution in [3.63, 3.8) is 0 Å². The largest absolute Gasteiger partial charge is 0.490 e. The predicted octanol–water partition coefficient (Wildman–Crippen LogP) is 2.94. The van der Waals surface area contributed by atoms with Gasteiger partial charge >= 0.3 is 7.12 Å². The zero-order valence-electron chi connectivity index (χ0n) is 22.3. The minimum Gasteiger partial charge on any atom is -0.423 e. The predicted molar refractivity (Wildman–Crippen MR) is 145 cm³/mol. The quantitative estimate of drug-likeness (QED) is 0.380. The lowest BCUT2D eigenvalue weighted by atomic mass is 9.74. The highest BCUT2D eigenvalue weighted by molar-refractivity contribution is 6.74. The number of benzene rings is 1. The van der Waals surface area contributed by atoms with Gasteiger partial charge in [0.15, 0.2) is 8.32 Å². The molecular formula is C25H35BN6O4Si. The number of rotatable bonds is 8. The van der Waals surface area contributed by atoms with Gasteiger partial charge in [0.05, 0.1) is 42.9 Å². The van der Waals surface area contributed by atoms with E-state index in [4.69, 9.17) is 9.16 Å². The number of nitrogens with zero attached hydrogens (tertiary/aromatic N) is 4. The second kappa shape index (κ2) is 11.6. The van der Waals surface area contributed by atoms with E-state index in [1.165, 1.54) is 6.07 Å². The molecule has 1 aliphatic rings. The fourth-order valence-electron chi connectivity index (χ4n) is 3.76. The second-order valence-electron chi connectivity index (χ2n) is 10.8. The van der Waals surface area contributed by atoms with E-state index in [-0.39, 0.29) is 40.6 Å². The summed E-state index contributed by atoms with van der Waals surface area (Å²) in [6, 6.07) is 7.45. The minimum absolute atomic E-state index is 0.0357. The standard InChI is InChI=1S/C25H35BN6O4Si/c1-16-13-29-24(32-23(16)31-21-15-35-8-7-17(21)11-27)30-20-9-18(12-28)22(26(33)34)19(10-20)14-36-37(5,6)25(2,3)4/h9-10,13,17,21,33-34H,7-8,14-15H2,1-6H3,(H2,29,30,31,32)/t17-,21+/m0/s1. The molecule has 4 N–H and O–H groups in total. The van der Waals surface area contributed by atoms with Gasteiger partial charge in [-0.1, -0.05) is 20.8 Å². The van der Waals surface area contributed by atoms with E-state index in [1.807, 2.05) is 6.92 Å². The molecule has 0 bridgehead atoms. The molecule has 2 aromatic rings. The number of hydrogen-bond donors (Lipinski definition) is 4. The average molecular weight is 522 g/mol. The van der Waals surface area contributed by atoms with Gasteiger partial charge in [0, 0.05) is 29.5 Å². The first-order chi connectivity index (χ1) is 17.4. The zero-order valence-corrected chi connectivity index (χ0v) is 23.3. The molecule has 3 rings (SSSR count). The molecule has 0 spiro atoms. The lowest BCUT2D eigenvalue weighted by Crippen LogP contribution is -2.42. The molecule has 2 atom stereocenters. The van der Waals surface area contributed by atoms with Crippen LogP contribution >= 0.6 is 0 Å². The number of aryl methyl sites for hydroxylation is 1. The van der Waals surface area contributed by atoms with Crippen molar-refractivity contribution >= 4 is 38.4 Å². The third-order valence-electron chi connectivity index (χ3n) is 7.11. The van der Waals surface area contributed by atoms with Crippen LogP contribution in [0.4, 0.5) is 17.5 Å². The van der Waals surface area contributed by atoms with E-state index in [2.05, 4.69) is 66.6 Å². The van der Waals surface area contributed by atoms with Crippen molar-refractivity contribution in [2.45, 2.75) is 64.9 Å². The van der Waals surface area contributed by atoms with Gasteiger partial charge in [-0.3, -0.25) is 0 Å². The summed E-state index contributed by atoms with van der Waals surface area (Å²) in [5, 5.41) is 45.7. The van der Waals surface area contributed by atoms with E-state index in [0.717, 1.165) is 5.56 Å². The lowest BCUT2D eigenvalue weighted by Gasteiger charge is -2.36. The Morgan fingerprint density at radius 1 is 1.27 bits per heavy atom. The van der Waals surface area contributed by atoms with Crippen molar-refractivity contribution in [2.24, 2.45) is 5.92 Å². The van der Waals surface area contributed by atoms with Crippen LogP contribution in [0.1, 0.15) is 43.9 Å². The number of anilines is 3. The van der Waals surface area contributed by atoms with Crippen molar-refractivity contribution in [3.05, 3.63) is 35.0 Å². The molecule has 1 fully saturated rings. The molecule has 10 nitrogen and oxygen atoms in total. The average Bonchev–Trinajstić information content (AvgIpc) is 2.83. The van der Waals surface area contributed by atoms with Gasteiger partial charge in [0.25, 0.3) is 0 Å². The molecule has 1 saturated heterocycles. The van der Waals surface area contributed by atoms with Crippen LogP contribution in [-0.2, 0) is 15.8 Å². The summed E-state index contributed by atoms with van der Waals surface area (Å²) in [4.78, 5) is 8.95. The molecular weight excluding hydrogens is 487 g/mol. The zero-order chi connectivity index (χ0) is 27.4. The lowest BCUT2D eigenvalue weighted by molar-refractivity contribution is 0.0698. The molecule has 1 aromatic heterocycles. The summed E-state index contributed by atoms with van der Waals surface area (Å²) in [7, 11) is -3.96.